The molecule has 1 aromatic heterocycles. The van der Waals surface area contributed by atoms with E-state index in [0.717, 1.165) is 19.3 Å². The Bertz CT molecular complexity index is 1610. The highest BCUT2D eigenvalue weighted by atomic mass is 32.2. The maximum Gasteiger partial charge on any atom is 0.414 e. The largest absolute Gasteiger partial charge is 0.465 e. The predicted molar refractivity (Wildman–Crippen MR) is 150 cm³/mol. The molecule has 0 unspecified atom stereocenters. The van der Waals surface area contributed by atoms with Crippen molar-refractivity contribution in [3.63, 3.8) is 0 Å². The molecule has 12 nitrogen and oxygen atoms in total. The Morgan fingerprint density at radius 2 is 1.88 bits per heavy atom. The van der Waals surface area contributed by atoms with E-state index in [1.165, 1.54) is 29.1 Å². The molecule has 0 atom stereocenters. The summed E-state index contributed by atoms with van der Waals surface area (Å²) < 4.78 is 42.7. The molecule has 2 aliphatic rings. The van der Waals surface area contributed by atoms with E-state index in [1.54, 1.807) is 51.1 Å². The van der Waals surface area contributed by atoms with E-state index in [2.05, 4.69) is 20.2 Å². The second kappa shape index (κ2) is 11.0. The fraction of sp³-hybridized carbons (Fsp3) is 0.393. The number of carbonyl (C=O) groups excluding carboxylic acids is 2. The number of tetrazole rings is 1. The fourth-order valence-corrected chi connectivity index (χ4v) is 6.08. The quantitative estimate of drug-likeness (QED) is 0.399. The van der Waals surface area contributed by atoms with Crippen LogP contribution in [0, 0.1) is 0 Å². The molecular formula is C28H32N6O6S. The van der Waals surface area contributed by atoms with Crippen LogP contribution in [-0.2, 0) is 19.5 Å². The van der Waals surface area contributed by atoms with E-state index in [1.807, 2.05) is 6.08 Å². The van der Waals surface area contributed by atoms with Gasteiger partial charge in [0, 0.05) is 12.1 Å². The summed E-state index contributed by atoms with van der Waals surface area (Å²) in [5.41, 5.74) is 1.77. The van der Waals surface area contributed by atoms with Gasteiger partial charge in [-0.3, -0.25) is 9.62 Å². The van der Waals surface area contributed by atoms with Crippen molar-refractivity contribution >= 4 is 33.5 Å². The monoisotopic (exact) mass is 580 g/mol. The average molecular weight is 581 g/mol. The molecule has 0 saturated heterocycles. The zero-order chi connectivity index (χ0) is 29.4. The third-order valence-electron chi connectivity index (χ3n) is 6.71. The molecule has 13 heteroatoms. The lowest BCUT2D eigenvalue weighted by atomic mass is 10.0. The number of hydrogen-bond donors (Lipinski definition) is 1. The Morgan fingerprint density at radius 1 is 1.10 bits per heavy atom. The minimum atomic E-state index is -4.21. The molecule has 1 aliphatic heterocycles. The van der Waals surface area contributed by atoms with E-state index in [4.69, 9.17) is 9.47 Å². The molecule has 1 aliphatic carbocycles. The topological polar surface area (TPSA) is 146 Å². The van der Waals surface area contributed by atoms with E-state index in [9.17, 15) is 18.0 Å². The van der Waals surface area contributed by atoms with Gasteiger partial charge in [0.1, 0.15) is 11.9 Å². The molecule has 0 bridgehead atoms. The Labute approximate surface area is 238 Å². The first-order chi connectivity index (χ1) is 19.5. The number of rotatable bonds is 7. The number of sulfonamides is 1. The van der Waals surface area contributed by atoms with Crippen LogP contribution in [0.3, 0.4) is 0 Å². The number of methoxy groups -OCH3 is 1. The van der Waals surface area contributed by atoms with Crippen LogP contribution in [0.1, 0.15) is 73.9 Å². The summed E-state index contributed by atoms with van der Waals surface area (Å²) in [6, 6.07) is 9.65. The fourth-order valence-electron chi connectivity index (χ4n) is 4.69. The number of amides is 1. The first-order valence-electron chi connectivity index (χ1n) is 13.3. The number of hydrogen-bond acceptors (Lipinski definition) is 9. The summed E-state index contributed by atoms with van der Waals surface area (Å²) in [7, 11) is -2.96. The van der Waals surface area contributed by atoms with Crippen LogP contribution in [0.25, 0.3) is 11.4 Å². The normalized spacial score (nSPS) is 15.7. The van der Waals surface area contributed by atoms with Gasteiger partial charge in [0.05, 0.1) is 34.6 Å². The summed E-state index contributed by atoms with van der Waals surface area (Å²) >= 11 is 0. The molecule has 0 radical (unpaired) electrons. The Hall–Kier alpha value is -4.26. The number of aromatic nitrogens is 4. The SMILES string of the molecule is COC(=O)c1ccc(C2CC2)c(S(=O)(=O)Nc2cc(-n3cnnn3)ccc2C2=CCCCN2C(=O)OC(C)(C)C)c1. The second-order valence-corrected chi connectivity index (χ2v) is 12.6. The highest BCUT2D eigenvalue weighted by Crippen LogP contribution is 2.44. The average Bonchev–Trinajstić information content (AvgIpc) is 3.64. The third kappa shape index (κ3) is 6.24. The number of allylic oxidation sites excluding steroid dienone is 1. The summed E-state index contributed by atoms with van der Waals surface area (Å²) in [5.74, 6) is -0.547. The number of nitrogens with zero attached hydrogens (tertiary/aromatic N) is 5. The van der Waals surface area contributed by atoms with Crippen LogP contribution in [0.4, 0.5) is 10.5 Å². The molecule has 1 saturated carbocycles. The second-order valence-electron chi connectivity index (χ2n) is 11.0. The van der Waals surface area contributed by atoms with Crippen molar-refractivity contribution in [3.05, 3.63) is 65.5 Å². The zero-order valence-electron chi connectivity index (χ0n) is 23.3. The molecule has 3 aromatic rings. The number of ether oxygens (including phenoxy) is 2. The maximum absolute atomic E-state index is 14.0. The van der Waals surface area contributed by atoms with Crippen molar-refractivity contribution in [2.24, 2.45) is 0 Å². The summed E-state index contributed by atoms with van der Waals surface area (Å²) in [5, 5.41) is 11.3. The highest BCUT2D eigenvalue weighted by molar-refractivity contribution is 7.92. The van der Waals surface area contributed by atoms with Crippen molar-refractivity contribution in [1.82, 2.24) is 25.1 Å². The van der Waals surface area contributed by atoms with Crippen molar-refractivity contribution in [3.8, 4) is 5.69 Å². The Balaban J connectivity index is 1.60. The van der Waals surface area contributed by atoms with E-state index in [0.29, 0.717) is 35.5 Å². The van der Waals surface area contributed by atoms with Gasteiger partial charge in [-0.2, -0.15) is 0 Å². The lowest BCUT2D eigenvalue weighted by Gasteiger charge is -2.32. The third-order valence-corrected chi connectivity index (χ3v) is 8.13. The van der Waals surface area contributed by atoms with Gasteiger partial charge in [-0.1, -0.05) is 12.1 Å². The zero-order valence-corrected chi connectivity index (χ0v) is 24.1. The summed E-state index contributed by atoms with van der Waals surface area (Å²) in [6.45, 7) is 5.78. The van der Waals surface area contributed by atoms with Crippen LogP contribution in [0.15, 0.2) is 53.7 Å². The Kier molecular flexibility index (Phi) is 7.56. The van der Waals surface area contributed by atoms with Crippen LogP contribution >= 0.6 is 0 Å². The summed E-state index contributed by atoms with van der Waals surface area (Å²) in [6.07, 6.45) is 5.91. The van der Waals surface area contributed by atoms with E-state index >= 15 is 0 Å². The smallest absolute Gasteiger partial charge is 0.414 e. The molecule has 41 heavy (non-hydrogen) atoms. The van der Waals surface area contributed by atoms with Gasteiger partial charge < -0.3 is 9.47 Å². The number of carbonyl (C=O) groups is 2. The summed E-state index contributed by atoms with van der Waals surface area (Å²) in [4.78, 5) is 27.0. The predicted octanol–water partition coefficient (Wildman–Crippen LogP) is 4.50. The minimum Gasteiger partial charge on any atom is -0.465 e. The lowest BCUT2D eigenvalue weighted by molar-refractivity contribution is 0.0346. The van der Waals surface area contributed by atoms with Crippen molar-refractivity contribution < 1.29 is 27.5 Å². The van der Waals surface area contributed by atoms with Crippen LogP contribution in [0.2, 0.25) is 0 Å². The van der Waals surface area contributed by atoms with Crippen LogP contribution < -0.4 is 4.72 Å². The molecule has 0 spiro atoms. The van der Waals surface area contributed by atoms with Gasteiger partial charge in [-0.15, -0.1) is 5.10 Å². The molecule has 1 N–H and O–H groups in total. The Morgan fingerprint density at radius 3 is 2.54 bits per heavy atom. The van der Waals surface area contributed by atoms with Crippen LogP contribution in [0.5, 0.6) is 0 Å². The highest BCUT2D eigenvalue weighted by Gasteiger charge is 2.33. The van der Waals surface area contributed by atoms with Gasteiger partial charge in [-0.05, 0) is 98.7 Å². The number of anilines is 1. The van der Waals surface area contributed by atoms with Gasteiger partial charge >= 0.3 is 12.1 Å². The molecule has 1 amide bonds. The standard InChI is InChI=1S/C28H32N6O6S/c1-28(2,3)40-27(36)33-14-6-5-7-24(33)22-13-11-20(34-17-29-31-32-34)16-23(22)30-41(37,38)25-15-19(26(35)39-4)10-12-21(25)18-8-9-18/h7,10-13,15-18,30H,5-6,8-9,14H2,1-4H3. The van der Waals surface area contributed by atoms with E-state index in [-0.39, 0.29) is 22.1 Å². The molecule has 2 aromatic carbocycles. The number of esters is 1. The van der Waals surface area contributed by atoms with E-state index < -0.39 is 27.7 Å². The van der Waals surface area contributed by atoms with Crippen molar-refractivity contribution in [1.29, 1.82) is 0 Å². The lowest BCUT2D eigenvalue weighted by Crippen LogP contribution is -2.37. The molecule has 2 heterocycles. The first-order valence-corrected chi connectivity index (χ1v) is 14.8. The van der Waals surface area contributed by atoms with Crippen LogP contribution in [-0.4, -0.2) is 64.8 Å². The molecule has 1 fully saturated rings. The maximum atomic E-state index is 14.0. The van der Waals surface area contributed by atoms with Gasteiger partial charge in [0.25, 0.3) is 10.0 Å². The van der Waals surface area contributed by atoms with Gasteiger partial charge in [-0.25, -0.2) is 22.7 Å². The van der Waals surface area contributed by atoms with Crippen molar-refractivity contribution in [2.45, 2.75) is 62.9 Å². The first kappa shape index (κ1) is 28.3. The molecule has 5 rings (SSSR count). The van der Waals surface area contributed by atoms with Gasteiger partial charge in [0.2, 0.25) is 0 Å². The van der Waals surface area contributed by atoms with Gasteiger partial charge in [0.15, 0.2) is 0 Å². The number of nitrogens with one attached hydrogen (secondary N) is 1. The molecular weight excluding hydrogens is 548 g/mol. The van der Waals surface area contributed by atoms with Crippen molar-refractivity contribution in [2.75, 3.05) is 18.4 Å². The number of benzene rings is 2. The minimum absolute atomic E-state index is 0.00305. The molecule has 216 valence electrons.